The molecular formula is C44H25B3N2. The second-order valence-corrected chi connectivity index (χ2v) is 13.0. The minimum absolute atomic E-state index is 0.394. The van der Waals surface area contributed by atoms with E-state index in [0.29, 0.717) is 5.82 Å². The first-order valence-electron chi connectivity index (χ1n) is 16.5. The molecule has 0 unspecified atom stereocenters. The molecule has 220 valence electrons. The summed E-state index contributed by atoms with van der Waals surface area (Å²) >= 11 is 0. The summed E-state index contributed by atoms with van der Waals surface area (Å²) in [6.07, 6.45) is 0. The summed E-state index contributed by atoms with van der Waals surface area (Å²) < 4.78 is 1.97. The van der Waals surface area contributed by atoms with Crippen LogP contribution >= 0.6 is 0 Å². The lowest BCUT2D eigenvalue weighted by molar-refractivity contribution is 0.930. The zero-order valence-corrected chi connectivity index (χ0v) is 26.6. The molecule has 9 aromatic rings. The Labute approximate surface area is 288 Å². The van der Waals surface area contributed by atoms with Crippen molar-refractivity contribution in [3.05, 3.63) is 157 Å². The Hall–Kier alpha value is -5.80. The molecule has 8 aromatic carbocycles. The van der Waals surface area contributed by atoms with Crippen LogP contribution in [-0.4, -0.2) is 33.1 Å². The van der Waals surface area contributed by atoms with Crippen molar-refractivity contribution in [3.63, 3.8) is 0 Å². The van der Waals surface area contributed by atoms with E-state index in [0.717, 1.165) is 22.3 Å². The summed E-state index contributed by atoms with van der Waals surface area (Å²) in [4.78, 5) is 4.75. The molecule has 1 aliphatic rings. The largest absolute Gasteiger partial charge is 0.298 e. The minimum Gasteiger partial charge on any atom is -0.298 e. The van der Waals surface area contributed by atoms with Gasteiger partial charge in [-0.3, -0.25) is 4.57 Å². The molecule has 1 aromatic heterocycles. The van der Waals surface area contributed by atoms with E-state index in [9.17, 15) is 0 Å². The van der Waals surface area contributed by atoms with Gasteiger partial charge in [0.25, 0.3) is 0 Å². The van der Waals surface area contributed by atoms with Crippen molar-refractivity contribution in [1.82, 2.24) is 9.55 Å². The molecule has 0 saturated heterocycles. The fraction of sp³-hybridized carbons (Fsp3) is 0.0227. The lowest BCUT2D eigenvalue weighted by atomic mass is 9.42. The van der Waals surface area contributed by atoms with Gasteiger partial charge in [-0.15, -0.1) is 0 Å². The topological polar surface area (TPSA) is 17.8 Å². The van der Waals surface area contributed by atoms with Crippen molar-refractivity contribution in [1.29, 1.82) is 0 Å². The van der Waals surface area contributed by atoms with Gasteiger partial charge in [-0.05, 0) is 101 Å². The van der Waals surface area contributed by atoms with Gasteiger partial charge in [0.05, 0.1) is 40.4 Å². The molecule has 0 fully saturated rings. The molecule has 0 saturated carbocycles. The van der Waals surface area contributed by atoms with Gasteiger partial charge in [-0.2, -0.15) is 0 Å². The van der Waals surface area contributed by atoms with Gasteiger partial charge in [-0.1, -0.05) is 133 Å². The molecule has 0 N–H and O–H groups in total. The second-order valence-electron chi connectivity index (χ2n) is 13.0. The highest BCUT2D eigenvalue weighted by Gasteiger charge is 2.26. The highest BCUT2D eigenvalue weighted by Crippen LogP contribution is 2.51. The Kier molecular flexibility index (Phi) is 5.96. The lowest BCUT2D eigenvalue weighted by Gasteiger charge is -2.22. The first-order chi connectivity index (χ1) is 24.0. The van der Waals surface area contributed by atoms with E-state index in [1.165, 1.54) is 71.3 Å². The normalized spacial score (nSPS) is 12.3. The van der Waals surface area contributed by atoms with Crippen LogP contribution in [0.1, 0.15) is 5.82 Å². The number of imidazole rings is 1. The molecular weight excluding hydrogens is 589 g/mol. The highest BCUT2D eigenvalue weighted by atomic mass is 15.1. The maximum atomic E-state index is 6.29. The number of hydrogen-bond acceptors (Lipinski definition) is 1. The van der Waals surface area contributed by atoms with Gasteiger partial charge >= 0.3 is 0 Å². The van der Waals surface area contributed by atoms with Crippen LogP contribution in [0.15, 0.2) is 152 Å². The first kappa shape index (κ1) is 28.2. The predicted octanol–water partition coefficient (Wildman–Crippen LogP) is 10.1. The SMILES string of the molecule is [B]C([B])([B])c1nc2ccccc2n1-c1cccc(-c2c3ccccc3c(-c3ccc4c5c(cccc35)-c3ccccc3-4)c3ccccc23)c1. The third-order valence-corrected chi connectivity index (χ3v) is 10.1. The smallest absolute Gasteiger partial charge is 0.0951 e. The number of aromatic nitrogens is 2. The fourth-order valence-corrected chi connectivity index (χ4v) is 8.13. The number of benzene rings is 8. The van der Waals surface area contributed by atoms with Crippen LogP contribution in [0.5, 0.6) is 0 Å². The Morgan fingerprint density at radius 2 is 0.980 bits per heavy atom. The standard InChI is InChI=1S/C44H25B3N2/c45-44(46,47)43-48-38-21-7-8-22-39(38)49(43)27-12-9-11-26(25-27)40-31-15-3-5-17-33(31)42(34-18-6-4-16-32(34)40)37-24-23-36-29-14-2-1-13-28(29)30-19-10-20-35(37)41(30)36/h1-25H. The maximum absolute atomic E-state index is 6.29. The molecule has 5 heteroatoms. The summed E-state index contributed by atoms with van der Waals surface area (Å²) in [5, 5.41) is 5.74. The Balaban J connectivity index is 1.26. The Morgan fingerprint density at radius 1 is 0.449 bits per heavy atom. The quantitative estimate of drug-likeness (QED) is 0.143. The van der Waals surface area contributed by atoms with Crippen LogP contribution in [0.2, 0.25) is 0 Å². The van der Waals surface area contributed by atoms with Crippen molar-refractivity contribution in [2.24, 2.45) is 0 Å². The number of rotatable bonds is 4. The molecule has 0 bridgehead atoms. The molecule has 0 amide bonds. The summed E-state index contributed by atoms with van der Waals surface area (Å²) in [6, 6.07) is 54.0. The maximum Gasteiger partial charge on any atom is 0.0951 e. The average molecular weight is 614 g/mol. The minimum atomic E-state index is -1.63. The molecule has 1 aliphatic carbocycles. The van der Waals surface area contributed by atoms with Crippen LogP contribution in [0, 0.1) is 0 Å². The summed E-state index contributed by atoms with van der Waals surface area (Å²) in [6.45, 7) is 0. The molecule has 0 atom stereocenters. The first-order valence-corrected chi connectivity index (χ1v) is 16.5. The van der Waals surface area contributed by atoms with Gasteiger partial charge < -0.3 is 0 Å². The van der Waals surface area contributed by atoms with Gasteiger partial charge in [-0.25, -0.2) is 4.98 Å². The lowest BCUT2D eigenvalue weighted by Crippen LogP contribution is -2.31. The molecule has 0 aliphatic heterocycles. The number of hydrogen-bond donors (Lipinski definition) is 0. The van der Waals surface area contributed by atoms with E-state index >= 15 is 0 Å². The van der Waals surface area contributed by atoms with Crippen molar-refractivity contribution < 1.29 is 0 Å². The number of nitrogens with zero attached hydrogens (tertiary/aromatic N) is 2. The van der Waals surface area contributed by atoms with Gasteiger partial charge in [0.15, 0.2) is 0 Å². The molecule has 10 rings (SSSR count). The van der Waals surface area contributed by atoms with Crippen LogP contribution < -0.4 is 0 Å². The Bertz CT molecular complexity index is 2740. The van der Waals surface area contributed by atoms with Crippen LogP contribution in [0.25, 0.3) is 93.5 Å². The van der Waals surface area contributed by atoms with E-state index in [-0.39, 0.29) is 0 Å². The second kappa shape index (κ2) is 10.4. The predicted molar refractivity (Wildman–Crippen MR) is 208 cm³/mol. The van der Waals surface area contributed by atoms with E-state index < -0.39 is 5.11 Å². The van der Waals surface area contributed by atoms with Crippen molar-refractivity contribution in [2.75, 3.05) is 0 Å². The van der Waals surface area contributed by atoms with Gasteiger partial charge in [0.1, 0.15) is 0 Å². The van der Waals surface area contributed by atoms with Crippen LogP contribution in [-0.2, 0) is 5.11 Å². The molecule has 6 radical (unpaired) electrons. The molecule has 1 heterocycles. The van der Waals surface area contributed by atoms with E-state index in [2.05, 4.69) is 127 Å². The monoisotopic (exact) mass is 614 g/mol. The highest BCUT2D eigenvalue weighted by molar-refractivity contribution is 6.58. The van der Waals surface area contributed by atoms with Gasteiger partial charge in [0, 0.05) is 5.69 Å². The van der Waals surface area contributed by atoms with Crippen molar-refractivity contribution in [3.8, 4) is 50.2 Å². The fourth-order valence-electron chi connectivity index (χ4n) is 8.13. The summed E-state index contributed by atoms with van der Waals surface area (Å²) in [7, 11) is 18.9. The zero-order chi connectivity index (χ0) is 32.9. The number of para-hydroxylation sites is 2. The van der Waals surface area contributed by atoms with Crippen molar-refractivity contribution >= 4 is 66.9 Å². The van der Waals surface area contributed by atoms with Crippen molar-refractivity contribution in [2.45, 2.75) is 5.11 Å². The van der Waals surface area contributed by atoms with E-state index in [1.54, 1.807) is 0 Å². The molecule has 49 heavy (non-hydrogen) atoms. The van der Waals surface area contributed by atoms with Crippen LogP contribution in [0.3, 0.4) is 0 Å². The zero-order valence-electron chi connectivity index (χ0n) is 26.6. The summed E-state index contributed by atoms with van der Waals surface area (Å²) in [5.41, 5.74) is 12.5. The third kappa shape index (κ3) is 4.09. The average Bonchev–Trinajstić information content (AvgIpc) is 3.69. The van der Waals surface area contributed by atoms with Crippen LogP contribution in [0.4, 0.5) is 0 Å². The molecule has 0 spiro atoms. The van der Waals surface area contributed by atoms with Gasteiger partial charge in [0.2, 0.25) is 0 Å². The van der Waals surface area contributed by atoms with E-state index in [1.807, 2.05) is 28.8 Å². The summed E-state index contributed by atoms with van der Waals surface area (Å²) in [5.74, 6) is 0.394. The van der Waals surface area contributed by atoms with E-state index in [4.69, 9.17) is 28.5 Å². The molecule has 2 nitrogen and oxygen atoms in total. The third-order valence-electron chi connectivity index (χ3n) is 10.1. The number of fused-ring (bicyclic) bond motifs is 6. The Morgan fingerprint density at radius 3 is 1.67 bits per heavy atom.